The normalized spacial score (nSPS) is 18.8. The zero-order valence-corrected chi connectivity index (χ0v) is 12.3. The van der Waals surface area contributed by atoms with Crippen molar-refractivity contribution in [2.24, 2.45) is 11.1 Å². The van der Waals surface area contributed by atoms with Crippen LogP contribution in [0, 0.1) is 5.41 Å². The van der Waals surface area contributed by atoms with Crippen LogP contribution in [0.4, 0.5) is 0 Å². The van der Waals surface area contributed by atoms with Gasteiger partial charge in [0.25, 0.3) is 0 Å². The zero-order chi connectivity index (χ0) is 14.0. The molecule has 0 amide bonds. The average Bonchev–Trinajstić information content (AvgIpc) is 2.68. The van der Waals surface area contributed by atoms with Crippen LogP contribution in [-0.2, 0) is 14.3 Å². The van der Waals surface area contributed by atoms with Crippen LogP contribution in [0.1, 0.15) is 58.3 Å². The number of unbranched alkanes of at least 4 members (excludes halogenated alkanes) is 1. The number of hydrogen-bond acceptors (Lipinski definition) is 4. The zero-order valence-electron chi connectivity index (χ0n) is 12.3. The quantitative estimate of drug-likeness (QED) is 0.419. The minimum absolute atomic E-state index is 0.115. The number of hydrogen-bond donors (Lipinski definition) is 1. The Hall–Kier alpha value is -0.610. The lowest BCUT2D eigenvalue weighted by atomic mass is 9.80. The Morgan fingerprint density at radius 3 is 2.37 bits per heavy atom. The fourth-order valence-corrected chi connectivity index (χ4v) is 2.59. The predicted octanol–water partition coefficient (Wildman–Crippen LogP) is 2.65. The molecule has 1 rings (SSSR count). The van der Waals surface area contributed by atoms with Crippen molar-refractivity contribution >= 4 is 5.97 Å². The second-order valence-corrected chi connectivity index (χ2v) is 5.50. The van der Waals surface area contributed by atoms with Crippen molar-refractivity contribution in [1.82, 2.24) is 0 Å². The van der Waals surface area contributed by atoms with E-state index in [1.807, 2.05) is 0 Å². The fraction of sp³-hybridized carbons (Fsp3) is 0.933. The van der Waals surface area contributed by atoms with Gasteiger partial charge in [0.1, 0.15) is 6.61 Å². The minimum atomic E-state index is -0.431. The number of rotatable bonds is 8. The summed E-state index contributed by atoms with van der Waals surface area (Å²) in [5, 5.41) is 0. The van der Waals surface area contributed by atoms with Gasteiger partial charge in [-0.1, -0.05) is 39.0 Å². The van der Waals surface area contributed by atoms with Gasteiger partial charge in [0, 0.05) is 13.2 Å². The summed E-state index contributed by atoms with van der Waals surface area (Å²) in [6.45, 7) is 4.12. The van der Waals surface area contributed by atoms with Gasteiger partial charge in [-0.2, -0.15) is 0 Å². The van der Waals surface area contributed by atoms with Crippen LogP contribution >= 0.6 is 0 Å². The lowest BCUT2D eigenvalue weighted by Crippen LogP contribution is -2.40. The number of nitrogens with two attached hydrogens (primary N) is 1. The number of esters is 1. The molecule has 1 fully saturated rings. The first-order chi connectivity index (χ1) is 9.25. The van der Waals surface area contributed by atoms with E-state index in [2.05, 4.69) is 6.92 Å². The monoisotopic (exact) mass is 271 g/mol. The lowest BCUT2D eigenvalue weighted by molar-refractivity contribution is -0.157. The minimum Gasteiger partial charge on any atom is -0.463 e. The first kappa shape index (κ1) is 16.4. The molecule has 0 aromatic rings. The molecule has 0 heterocycles. The van der Waals surface area contributed by atoms with E-state index in [0.717, 1.165) is 45.1 Å². The van der Waals surface area contributed by atoms with Crippen LogP contribution in [0.3, 0.4) is 0 Å². The molecule has 0 saturated heterocycles. The first-order valence-corrected chi connectivity index (χ1v) is 7.70. The van der Waals surface area contributed by atoms with Crippen LogP contribution in [0.25, 0.3) is 0 Å². The SMILES string of the molecule is CCCCOCCOC(=O)C1(CN)CCCCCC1. The molecule has 1 aliphatic carbocycles. The van der Waals surface area contributed by atoms with Gasteiger partial charge in [0.15, 0.2) is 0 Å². The van der Waals surface area contributed by atoms with Crippen molar-refractivity contribution in [3.8, 4) is 0 Å². The van der Waals surface area contributed by atoms with E-state index in [0.29, 0.717) is 19.8 Å². The summed E-state index contributed by atoms with van der Waals surface area (Å²) in [5.74, 6) is -0.115. The molecule has 1 aliphatic rings. The molecule has 4 heteroatoms. The highest BCUT2D eigenvalue weighted by Gasteiger charge is 2.38. The third-order valence-corrected chi connectivity index (χ3v) is 3.99. The lowest BCUT2D eigenvalue weighted by Gasteiger charge is -2.28. The van der Waals surface area contributed by atoms with Gasteiger partial charge in [0.2, 0.25) is 0 Å². The number of carbonyl (C=O) groups is 1. The molecule has 2 N–H and O–H groups in total. The van der Waals surface area contributed by atoms with Gasteiger partial charge in [-0.3, -0.25) is 4.79 Å². The fourth-order valence-electron chi connectivity index (χ4n) is 2.59. The number of ether oxygens (including phenoxy) is 2. The van der Waals surface area contributed by atoms with Crippen molar-refractivity contribution < 1.29 is 14.3 Å². The van der Waals surface area contributed by atoms with E-state index in [1.54, 1.807) is 0 Å². The van der Waals surface area contributed by atoms with Crippen LogP contribution < -0.4 is 5.73 Å². The molecule has 0 aliphatic heterocycles. The van der Waals surface area contributed by atoms with E-state index in [1.165, 1.54) is 12.8 Å². The van der Waals surface area contributed by atoms with Crippen molar-refractivity contribution in [2.75, 3.05) is 26.4 Å². The highest BCUT2D eigenvalue weighted by Crippen LogP contribution is 2.35. The van der Waals surface area contributed by atoms with Crippen LogP contribution in [0.15, 0.2) is 0 Å². The molecule has 112 valence electrons. The second-order valence-electron chi connectivity index (χ2n) is 5.50. The maximum atomic E-state index is 12.2. The Labute approximate surface area is 117 Å². The Morgan fingerprint density at radius 1 is 1.11 bits per heavy atom. The van der Waals surface area contributed by atoms with Gasteiger partial charge in [-0.15, -0.1) is 0 Å². The van der Waals surface area contributed by atoms with E-state index < -0.39 is 5.41 Å². The third-order valence-electron chi connectivity index (χ3n) is 3.99. The summed E-state index contributed by atoms with van der Waals surface area (Å²) in [7, 11) is 0. The molecule has 0 aromatic carbocycles. The van der Waals surface area contributed by atoms with E-state index in [9.17, 15) is 4.79 Å². The summed E-state index contributed by atoms with van der Waals surface area (Å²) < 4.78 is 10.8. The predicted molar refractivity (Wildman–Crippen MR) is 75.9 cm³/mol. The topological polar surface area (TPSA) is 61.5 Å². The van der Waals surface area contributed by atoms with Crippen LogP contribution in [0.5, 0.6) is 0 Å². The molecule has 0 radical (unpaired) electrons. The standard InChI is InChI=1S/C15H29NO3/c1-2-3-10-18-11-12-19-14(17)15(13-16)8-6-4-5-7-9-15/h2-13,16H2,1H3. The van der Waals surface area contributed by atoms with Crippen molar-refractivity contribution in [2.45, 2.75) is 58.3 Å². The van der Waals surface area contributed by atoms with E-state index in [-0.39, 0.29) is 5.97 Å². The highest BCUT2D eigenvalue weighted by molar-refractivity contribution is 5.77. The molecule has 19 heavy (non-hydrogen) atoms. The summed E-state index contributed by atoms with van der Waals surface area (Å²) >= 11 is 0. The van der Waals surface area contributed by atoms with Gasteiger partial charge in [-0.25, -0.2) is 0 Å². The van der Waals surface area contributed by atoms with Gasteiger partial charge in [-0.05, 0) is 19.3 Å². The van der Waals surface area contributed by atoms with Gasteiger partial charge < -0.3 is 15.2 Å². The summed E-state index contributed by atoms with van der Waals surface area (Å²) in [6, 6.07) is 0. The summed E-state index contributed by atoms with van der Waals surface area (Å²) in [5.41, 5.74) is 5.42. The average molecular weight is 271 g/mol. The third kappa shape index (κ3) is 5.49. The molecule has 0 atom stereocenters. The molecular weight excluding hydrogens is 242 g/mol. The van der Waals surface area contributed by atoms with E-state index in [4.69, 9.17) is 15.2 Å². The van der Waals surface area contributed by atoms with Crippen LogP contribution in [0.2, 0.25) is 0 Å². The van der Waals surface area contributed by atoms with Crippen LogP contribution in [-0.4, -0.2) is 32.3 Å². The van der Waals surface area contributed by atoms with E-state index >= 15 is 0 Å². The van der Waals surface area contributed by atoms with Crippen molar-refractivity contribution in [3.63, 3.8) is 0 Å². The molecule has 0 spiro atoms. The molecule has 0 unspecified atom stereocenters. The molecule has 0 bridgehead atoms. The number of carbonyl (C=O) groups excluding carboxylic acids is 1. The summed E-state index contributed by atoms with van der Waals surface area (Å²) in [6.07, 6.45) is 8.50. The summed E-state index contributed by atoms with van der Waals surface area (Å²) in [4.78, 5) is 12.2. The molecular formula is C15H29NO3. The molecule has 4 nitrogen and oxygen atoms in total. The highest BCUT2D eigenvalue weighted by atomic mass is 16.6. The first-order valence-electron chi connectivity index (χ1n) is 7.70. The van der Waals surface area contributed by atoms with Gasteiger partial charge in [0.05, 0.1) is 12.0 Å². The Bertz CT molecular complexity index is 248. The second kappa shape index (κ2) is 9.32. The molecule has 1 saturated carbocycles. The van der Waals surface area contributed by atoms with Crippen molar-refractivity contribution in [1.29, 1.82) is 0 Å². The maximum Gasteiger partial charge on any atom is 0.313 e. The molecule has 0 aromatic heterocycles. The Morgan fingerprint density at radius 2 is 1.79 bits per heavy atom. The smallest absolute Gasteiger partial charge is 0.313 e. The Balaban J connectivity index is 2.28. The Kier molecular flexibility index (Phi) is 8.07. The van der Waals surface area contributed by atoms with Gasteiger partial charge >= 0.3 is 5.97 Å². The largest absolute Gasteiger partial charge is 0.463 e. The maximum absolute atomic E-state index is 12.2. The van der Waals surface area contributed by atoms with Crippen molar-refractivity contribution in [3.05, 3.63) is 0 Å².